The van der Waals surface area contributed by atoms with Gasteiger partial charge in [0.25, 0.3) is 5.91 Å². The van der Waals surface area contributed by atoms with Gasteiger partial charge in [0.05, 0.1) is 28.4 Å². The highest BCUT2D eigenvalue weighted by atomic mass is 35.5. The molecule has 3 aromatic rings. The van der Waals surface area contributed by atoms with E-state index in [1.54, 1.807) is 6.92 Å². The second-order valence-corrected chi connectivity index (χ2v) is 8.04. The number of hydrogen-bond acceptors (Lipinski definition) is 2. The van der Waals surface area contributed by atoms with E-state index in [9.17, 15) is 22.4 Å². The highest BCUT2D eigenvalue weighted by Gasteiger charge is 2.38. The van der Waals surface area contributed by atoms with Crippen LogP contribution in [0.3, 0.4) is 0 Å². The summed E-state index contributed by atoms with van der Waals surface area (Å²) in [6.45, 7) is 2.02. The van der Waals surface area contributed by atoms with Gasteiger partial charge in [-0.3, -0.25) is 9.78 Å². The van der Waals surface area contributed by atoms with Crippen LogP contribution in [0.5, 0.6) is 0 Å². The van der Waals surface area contributed by atoms with Crippen LogP contribution in [-0.4, -0.2) is 17.4 Å². The van der Waals surface area contributed by atoms with Crippen LogP contribution in [0.4, 0.5) is 22.0 Å². The van der Waals surface area contributed by atoms with Crippen molar-refractivity contribution in [1.82, 2.24) is 10.3 Å². The molecule has 0 aliphatic rings. The molecule has 1 amide bonds. The molecule has 1 aromatic heterocycles. The summed E-state index contributed by atoms with van der Waals surface area (Å²) >= 11 is 6.21. The number of nitrogens with one attached hydrogen (secondary N) is 1. The molecule has 0 aliphatic carbocycles. The molecule has 1 heterocycles. The Bertz CT molecular complexity index is 1160. The van der Waals surface area contributed by atoms with Gasteiger partial charge >= 0.3 is 6.18 Å². The normalized spacial score (nSPS) is 13.5. The third-order valence-electron chi connectivity index (χ3n) is 5.15. The van der Waals surface area contributed by atoms with Crippen LogP contribution in [-0.2, 0) is 18.3 Å². The average Bonchev–Trinajstić information content (AvgIpc) is 2.76. The maximum Gasteiger partial charge on any atom is 0.417 e. The second-order valence-electron chi connectivity index (χ2n) is 7.63. The summed E-state index contributed by atoms with van der Waals surface area (Å²) < 4.78 is 69.1. The number of benzene rings is 2. The lowest BCUT2D eigenvalue weighted by atomic mass is 9.97. The number of halogens is 6. The van der Waals surface area contributed by atoms with Crippen molar-refractivity contribution < 1.29 is 26.7 Å². The van der Waals surface area contributed by atoms with Gasteiger partial charge in [0.15, 0.2) is 5.67 Å². The number of nitrogens with zero attached hydrogens (tertiary/aromatic N) is 1. The summed E-state index contributed by atoms with van der Waals surface area (Å²) in [5, 5.41) is 2.19. The summed E-state index contributed by atoms with van der Waals surface area (Å²) in [6, 6.07) is 10.7. The first-order chi connectivity index (χ1) is 15.4. The molecule has 0 saturated carbocycles. The summed E-state index contributed by atoms with van der Waals surface area (Å²) in [5.41, 5.74) is -2.97. The van der Waals surface area contributed by atoms with E-state index in [0.717, 1.165) is 13.0 Å². The molecule has 3 nitrogen and oxygen atoms in total. The van der Waals surface area contributed by atoms with E-state index in [4.69, 9.17) is 11.6 Å². The topological polar surface area (TPSA) is 42.0 Å². The maximum absolute atomic E-state index is 15.4. The molecule has 0 aliphatic heterocycles. The van der Waals surface area contributed by atoms with Crippen molar-refractivity contribution in [1.29, 1.82) is 0 Å². The van der Waals surface area contributed by atoms with Gasteiger partial charge in [-0.05, 0) is 48.7 Å². The van der Waals surface area contributed by atoms with Crippen molar-refractivity contribution in [2.24, 2.45) is 0 Å². The number of amides is 1. The van der Waals surface area contributed by atoms with Crippen molar-refractivity contribution in [3.8, 4) is 11.1 Å². The molecule has 0 saturated heterocycles. The van der Waals surface area contributed by atoms with E-state index in [-0.39, 0.29) is 22.7 Å². The number of hydrogen-bond donors (Lipinski definition) is 1. The van der Waals surface area contributed by atoms with Crippen molar-refractivity contribution in [3.63, 3.8) is 0 Å². The third-order valence-corrected chi connectivity index (χ3v) is 5.44. The summed E-state index contributed by atoms with van der Waals surface area (Å²) in [4.78, 5) is 16.6. The Morgan fingerprint density at radius 2 is 1.73 bits per heavy atom. The molecule has 1 N–H and O–H groups in total. The number of aromatic nitrogens is 1. The lowest BCUT2D eigenvalue weighted by Gasteiger charge is -2.23. The Hall–Kier alpha value is -3.00. The van der Waals surface area contributed by atoms with E-state index < -0.39 is 41.2 Å². The number of pyridine rings is 1. The molecular weight excluding hydrogens is 463 g/mol. The van der Waals surface area contributed by atoms with Crippen LogP contribution in [0.15, 0.2) is 54.7 Å². The fourth-order valence-electron chi connectivity index (χ4n) is 3.47. The van der Waals surface area contributed by atoms with Crippen LogP contribution >= 0.6 is 11.6 Å². The van der Waals surface area contributed by atoms with Gasteiger partial charge < -0.3 is 5.32 Å². The predicted molar refractivity (Wildman–Crippen MR) is 116 cm³/mol. The molecule has 0 radical (unpaired) electrons. The van der Waals surface area contributed by atoms with Gasteiger partial charge in [0.2, 0.25) is 0 Å². The number of rotatable bonds is 6. The maximum atomic E-state index is 15.4. The first kappa shape index (κ1) is 24.6. The minimum atomic E-state index is -4.74. The molecule has 0 fully saturated rings. The molecule has 33 heavy (non-hydrogen) atoms. The Kier molecular flexibility index (Phi) is 7.07. The lowest BCUT2D eigenvalue weighted by Crippen LogP contribution is -2.37. The smallest absolute Gasteiger partial charge is 0.348 e. The standard InChI is InChI=1S/C24H20ClF5N2O/c1-3-14-5-4-6-18(20(14)24(28,29)30)22(33)32-13-23(2,27)21-19(25)11-16(12-31-21)15-7-9-17(26)10-8-15/h4-12H,3,13H2,1-2H3,(H,32,33). The van der Waals surface area contributed by atoms with Gasteiger partial charge in [0, 0.05) is 11.8 Å². The average molecular weight is 483 g/mol. The highest BCUT2D eigenvalue weighted by Crippen LogP contribution is 2.36. The van der Waals surface area contributed by atoms with Crippen molar-refractivity contribution in [2.45, 2.75) is 32.1 Å². The molecule has 0 bridgehead atoms. The minimum Gasteiger partial charge on any atom is -0.348 e. The molecular formula is C24H20ClF5N2O. The van der Waals surface area contributed by atoms with Crippen LogP contribution in [0.25, 0.3) is 11.1 Å². The number of aryl methyl sites for hydroxylation is 1. The fraction of sp³-hybridized carbons (Fsp3) is 0.250. The zero-order chi connectivity index (χ0) is 24.4. The van der Waals surface area contributed by atoms with Crippen LogP contribution in [0.2, 0.25) is 5.02 Å². The first-order valence-corrected chi connectivity index (χ1v) is 10.4. The molecule has 3 rings (SSSR count). The van der Waals surface area contributed by atoms with E-state index in [0.29, 0.717) is 11.1 Å². The summed E-state index contributed by atoms with van der Waals surface area (Å²) in [7, 11) is 0. The second kappa shape index (κ2) is 9.47. The van der Waals surface area contributed by atoms with Gasteiger partial charge in [-0.25, -0.2) is 8.78 Å². The van der Waals surface area contributed by atoms with Gasteiger partial charge in [-0.15, -0.1) is 0 Å². The summed E-state index contributed by atoms with van der Waals surface area (Å²) in [5.74, 6) is -1.47. The SMILES string of the molecule is CCc1cccc(C(=O)NCC(C)(F)c2ncc(-c3ccc(F)cc3)cc2Cl)c1C(F)(F)F. The molecule has 1 atom stereocenters. The van der Waals surface area contributed by atoms with Crippen LogP contribution in [0, 0.1) is 5.82 Å². The molecule has 9 heteroatoms. The number of alkyl halides is 4. The van der Waals surface area contributed by atoms with Crippen molar-refractivity contribution >= 4 is 17.5 Å². The van der Waals surface area contributed by atoms with E-state index in [1.807, 2.05) is 0 Å². The molecule has 174 valence electrons. The molecule has 2 aromatic carbocycles. The lowest BCUT2D eigenvalue weighted by molar-refractivity contribution is -0.138. The third kappa shape index (κ3) is 5.50. The van der Waals surface area contributed by atoms with Gasteiger partial charge in [-0.2, -0.15) is 13.2 Å². The highest BCUT2D eigenvalue weighted by molar-refractivity contribution is 6.31. The predicted octanol–water partition coefficient (Wildman–Crippen LogP) is 6.74. The Balaban J connectivity index is 1.82. The van der Waals surface area contributed by atoms with Crippen LogP contribution < -0.4 is 5.32 Å². The first-order valence-electron chi connectivity index (χ1n) is 10.0. The number of carbonyl (C=O) groups is 1. The minimum absolute atomic E-state index is 0.0285. The molecule has 1 unspecified atom stereocenters. The van der Waals surface area contributed by atoms with E-state index in [1.165, 1.54) is 48.7 Å². The van der Waals surface area contributed by atoms with E-state index in [2.05, 4.69) is 10.3 Å². The fourth-order valence-corrected chi connectivity index (χ4v) is 3.83. The van der Waals surface area contributed by atoms with E-state index >= 15 is 4.39 Å². The van der Waals surface area contributed by atoms with Crippen molar-refractivity contribution in [2.75, 3.05) is 6.54 Å². The van der Waals surface area contributed by atoms with Crippen LogP contribution in [0.1, 0.15) is 41.0 Å². The Labute approximate surface area is 192 Å². The Morgan fingerprint density at radius 3 is 2.30 bits per heavy atom. The van der Waals surface area contributed by atoms with Crippen molar-refractivity contribution in [3.05, 3.63) is 88.0 Å². The Morgan fingerprint density at radius 1 is 1.06 bits per heavy atom. The largest absolute Gasteiger partial charge is 0.417 e. The monoisotopic (exact) mass is 482 g/mol. The van der Waals surface area contributed by atoms with Gasteiger partial charge in [-0.1, -0.05) is 42.8 Å². The quantitative estimate of drug-likeness (QED) is 0.395. The number of carbonyl (C=O) groups excluding carboxylic acids is 1. The summed E-state index contributed by atoms with van der Waals surface area (Å²) in [6.07, 6.45) is -3.31. The van der Waals surface area contributed by atoms with Gasteiger partial charge in [0.1, 0.15) is 5.82 Å². The molecule has 0 spiro atoms. The zero-order valence-electron chi connectivity index (χ0n) is 17.7. The zero-order valence-corrected chi connectivity index (χ0v) is 18.5.